The van der Waals surface area contributed by atoms with Gasteiger partial charge in [-0.25, -0.2) is 22.8 Å². The molecule has 1 aliphatic carbocycles. The Morgan fingerprint density at radius 2 is 2.17 bits per heavy atom. The molecule has 3 heterocycles. The van der Waals surface area contributed by atoms with Crippen LogP contribution in [0.5, 0.6) is 0 Å². The highest BCUT2D eigenvalue weighted by molar-refractivity contribution is 7.90. The van der Waals surface area contributed by atoms with Crippen molar-refractivity contribution < 1.29 is 12.8 Å². The number of rotatable bonds is 6. The minimum atomic E-state index is -3.47. The number of aromatic nitrogens is 4. The van der Waals surface area contributed by atoms with Crippen molar-refractivity contribution in [2.75, 3.05) is 0 Å². The molecule has 0 saturated heterocycles. The van der Waals surface area contributed by atoms with Gasteiger partial charge in [0.25, 0.3) is 10.0 Å². The van der Waals surface area contributed by atoms with Crippen LogP contribution in [0.25, 0.3) is 11.4 Å². The molecule has 0 radical (unpaired) electrons. The van der Waals surface area contributed by atoms with Crippen molar-refractivity contribution in [2.45, 2.75) is 43.6 Å². The second-order valence-electron chi connectivity index (χ2n) is 7.47. The fraction of sp³-hybridized carbons (Fsp3) is 0.389. The molecule has 9 nitrogen and oxygen atoms in total. The summed E-state index contributed by atoms with van der Waals surface area (Å²) in [6.07, 6.45) is 8.31. The van der Waals surface area contributed by atoms with E-state index < -0.39 is 21.5 Å². The number of dihydropyridines is 1. The molecule has 1 unspecified atom stereocenters. The van der Waals surface area contributed by atoms with Crippen molar-refractivity contribution in [2.24, 2.45) is 5.73 Å². The van der Waals surface area contributed by atoms with E-state index in [0.29, 0.717) is 24.1 Å². The first kappa shape index (κ1) is 19.5. The van der Waals surface area contributed by atoms with Gasteiger partial charge in [0.1, 0.15) is 0 Å². The van der Waals surface area contributed by atoms with Crippen LogP contribution in [0.4, 0.5) is 4.39 Å². The van der Waals surface area contributed by atoms with Gasteiger partial charge in [0.2, 0.25) is 0 Å². The van der Waals surface area contributed by atoms with Gasteiger partial charge < -0.3 is 16.4 Å². The van der Waals surface area contributed by atoms with Crippen LogP contribution in [0.15, 0.2) is 48.5 Å². The number of hydrogen-bond acceptors (Lipinski definition) is 8. The maximum absolute atomic E-state index is 14.1. The average molecular weight is 419 g/mol. The lowest BCUT2D eigenvalue weighted by molar-refractivity contribution is 0.442. The lowest BCUT2D eigenvalue weighted by atomic mass is 10.0. The first-order valence-corrected chi connectivity index (χ1v) is 10.7. The van der Waals surface area contributed by atoms with Gasteiger partial charge in [-0.15, -0.1) is 0 Å². The maximum Gasteiger partial charge on any atom is 0.256 e. The monoisotopic (exact) mass is 419 g/mol. The van der Waals surface area contributed by atoms with Crippen LogP contribution in [0.2, 0.25) is 0 Å². The van der Waals surface area contributed by atoms with Crippen LogP contribution < -0.4 is 16.4 Å². The van der Waals surface area contributed by atoms with E-state index in [4.69, 9.17) is 5.73 Å². The Balaban J connectivity index is 1.66. The Hall–Kier alpha value is -2.79. The Kier molecular flexibility index (Phi) is 4.66. The Labute approximate surface area is 168 Å². The number of halogens is 1. The molecule has 0 bridgehead atoms. The molecule has 2 aromatic heterocycles. The molecule has 4 rings (SSSR count). The molecule has 1 saturated carbocycles. The zero-order valence-electron chi connectivity index (χ0n) is 16.0. The molecule has 11 heteroatoms. The number of nitrogens with zero attached hydrogens (tertiary/aromatic N) is 4. The van der Waals surface area contributed by atoms with Gasteiger partial charge in [-0.05, 0) is 38.8 Å². The van der Waals surface area contributed by atoms with Crippen molar-refractivity contribution in [3.63, 3.8) is 0 Å². The molecule has 29 heavy (non-hydrogen) atoms. The highest BCUT2D eigenvalue weighted by Crippen LogP contribution is 2.30. The zero-order chi connectivity index (χ0) is 20.8. The fourth-order valence-corrected chi connectivity index (χ4v) is 4.45. The van der Waals surface area contributed by atoms with Crippen LogP contribution in [0, 0.1) is 0 Å². The van der Waals surface area contributed by atoms with Crippen LogP contribution in [-0.4, -0.2) is 38.9 Å². The number of nitrogens with one attached hydrogen (secondary N) is 2. The normalized spacial score (nSPS) is 22.1. The third-order valence-corrected chi connectivity index (χ3v) is 6.65. The van der Waals surface area contributed by atoms with E-state index in [-0.39, 0.29) is 22.8 Å². The smallest absolute Gasteiger partial charge is 0.256 e. The molecule has 0 amide bonds. The van der Waals surface area contributed by atoms with E-state index in [1.807, 2.05) is 13.8 Å². The lowest BCUT2D eigenvalue weighted by Crippen LogP contribution is -2.50. The molecule has 154 valence electrons. The molecule has 4 N–H and O–H groups in total. The van der Waals surface area contributed by atoms with Crippen molar-refractivity contribution in [1.82, 2.24) is 29.8 Å². The van der Waals surface area contributed by atoms with Crippen LogP contribution in [-0.2, 0) is 15.7 Å². The van der Waals surface area contributed by atoms with E-state index in [1.54, 1.807) is 6.07 Å². The summed E-state index contributed by atoms with van der Waals surface area (Å²) < 4.78 is 39.7. The number of allylic oxidation sites excluding steroid dienone is 1. The SMILES string of the molecule is CC(C)NC1=CC(N)(c2ccnc(-c3cnn(S(=O)(=O)C4CC4)c3)n2)NC=C1F. The highest BCUT2D eigenvalue weighted by Gasteiger charge is 2.38. The van der Waals surface area contributed by atoms with Crippen molar-refractivity contribution >= 4 is 10.0 Å². The van der Waals surface area contributed by atoms with E-state index in [9.17, 15) is 12.8 Å². The lowest BCUT2D eigenvalue weighted by Gasteiger charge is -2.31. The largest absolute Gasteiger partial charge is 0.381 e. The summed E-state index contributed by atoms with van der Waals surface area (Å²) in [5.74, 6) is -0.186. The molecule has 0 spiro atoms. The fourth-order valence-electron chi connectivity index (χ4n) is 2.97. The number of nitrogens with two attached hydrogens (primary N) is 1. The van der Waals surface area contributed by atoms with Gasteiger partial charge in [0.05, 0.1) is 34.6 Å². The van der Waals surface area contributed by atoms with Crippen molar-refractivity contribution in [3.05, 3.63) is 54.2 Å². The average Bonchev–Trinajstić information content (AvgIpc) is 3.42. The topological polar surface area (TPSA) is 128 Å². The summed E-state index contributed by atoms with van der Waals surface area (Å²) in [5, 5.41) is 9.41. The zero-order valence-corrected chi connectivity index (χ0v) is 16.8. The Morgan fingerprint density at radius 1 is 1.41 bits per heavy atom. The maximum atomic E-state index is 14.1. The predicted molar refractivity (Wildman–Crippen MR) is 105 cm³/mol. The third-order valence-electron chi connectivity index (χ3n) is 4.62. The summed E-state index contributed by atoms with van der Waals surface area (Å²) in [6.45, 7) is 3.79. The molecular weight excluding hydrogens is 397 g/mol. The van der Waals surface area contributed by atoms with Crippen LogP contribution in [0.3, 0.4) is 0 Å². The van der Waals surface area contributed by atoms with Gasteiger partial charge >= 0.3 is 0 Å². The van der Waals surface area contributed by atoms with Gasteiger partial charge in [0, 0.05) is 18.4 Å². The van der Waals surface area contributed by atoms with E-state index in [0.717, 1.165) is 4.09 Å². The van der Waals surface area contributed by atoms with Crippen molar-refractivity contribution in [1.29, 1.82) is 0 Å². The van der Waals surface area contributed by atoms with Gasteiger partial charge in [0.15, 0.2) is 17.3 Å². The second kappa shape index (κ2) is 6.92. The minimum absolute atomic E-state index is 0.0166. The Morgan fingerprint density at radius 3 is 2.86 bits per heavy atom. The van der Waals surface area contributed by atoms with Crippen LogP contribution >= 0.6 is 0 Å². The molecule has 1 fully saturated rings. The summed E-state index contributed by atoms with van der Waals surface area (Å²) >= 11 is 0. The summed E-state index contributed by atoms with van der Waals surface area (Å²) in [7, 11) is -3.47. The minimum Gasteiger partial charge on any atom is -0.381 e. The van der Waals surface area contributed by atoms with E-state index in [1.165, 1.54) is 30.9 Å². The predicted octanol–water partition coefficient (Wildman–Crippen LogP) is 1.09. The summed E-state index contributed by atoms with van der Waals surface area (Å²) in [5.41, 5.74) is 6.28. The van der Waals surface area contributed by atoms with Crippen molar-refractivity contribution in [3.8, 4) is 11.4 Å². The molecule has 0 aromatic carbocycles. The number of hydrogen-bond donors (Lipinski definition) is 3. The van der Waals surface area contributed by atoms with Gasteiger partial charge in [-0.3, -0.25) is 0 Å². The van der Waals surface area contributed by atoms with E-state index in [2.05, 4.69) is 25.7 Å². The highest BCUT2D eigenvalue weighted by atomic mass is 32.2. The summed E-state index contributed by atoms with van der Waals surface area (Å²) in [4.78, 5) is 8.67. The Bertz CT molecular complexity index is 1100. The molecule has 2 aliphatic rings. The summed E-state index contributed by atoms with van der Waals surface area (Å²) in [6, 6.07) is 1.63. The van der Waals surface area contributed by atoms with Crippen LogP contribution in [0.1, 0.15) is 32.4 Å². The first-order valence-electron chi connectivity index (χ1n) is 9.24. The molecular formula is C18H22FN7O2S. The standard InChI is InChI=1S/C18H22FN7O2S/c1-11(2)24-15-7-18(20,22-9-14(15)19)16-5-6-21-17(25-16)12-8-23-26(10-12)29(27,28)13-3-4-13/h5-11,13,22,24H,3-4,20H2,1-2H3. The third kappa shape index (κ3) is 3.75. The van der Waals surface area contributed by atoms with Gasteiger partial charge in [-0.2, -0.15) is 9.19 Å². The first-order chi connectivity index (χ1) is 13.7. The molecule has 2 aromatic rings. The van der Waals surface area contributed by atoms with E-state index >= 15 is 0 Å². The molecule has 1 aliphatic heterocycles. The quantitative estimate of drug-likeness (QED) is 0.635. The van der Waals surface area contributed by atoms with Gasteiger partial charge in [-0.1, -0.05) is 0 Å². The second-order valence-corrected chi connectivity index (χ2v) is 9.54. The molecule has 1 atom stereocenters.